The number of benzene rings is 1. The number of ether oxygens (including phenoxy) is 2. The third-order valence-corrected chi connectivity index (χ3v) is 3.69. The Bertz CT molecular complexity index is 529. The molecular weight excluding hydrogens is 278 g/mol. The van der Waals surface area contributed by atoms with Gasteiger partial charge in [0.25, 0.3) is 5.71 Å². The van der Waals surface area contributed by atoms with E-state index < -0.39 is 0 Å². The molecule has 0 atom stereocenters. The fraction of sp³-hybridized carbons (Fsp3) is 0.588. The summed E-state index contributed by atoms with van der Waals surface area (Å²) in [5, 5.41) is 0. The first-order valence-corrected chi connectivity index (χ1v) is 8.12. The summed E-state index contributed by atoms with van der Waals surface area (Å²) in [5.74, 6) is 1.78. The normalized spacial score (nSPS) is 14.6. The van der Waals surface area contributed by atoms with Crippen molar-refractivity contribution in [1.82, 2.24) is 0 Å². The zero-order valence-electron chi connectivity index (χ0n) is 13.5. The van der Waals surface area contributed by atoms with Crippen LogP contribution in [0.4, 0.5) is 5.69 Å². The molecule has 0 bridgehead atoms. The molecule has 120 valence electrons. The molecule has 1 aliphatic rings. The van der Waals surface area contributed by atoms with Crippen LogP contribution in [-0.4, -0.2) is 36.8 Å². The molecule has 0 N–H and O–H groups in total. The van der Waals surface area contributed by atoms with Crippen LogP contribution in [0.3, 0.4) is 0 Å². The van der Waals surface area contributed by atoms with Gasteiger partial charge >= 0.3 is 0 Å². The third kappa shape index (κ3) is 4.25. The second-order valence-electron chi connectivity index (χ2n) is 5.48. The van der Waals surface area contributed by atoms with E-state index in [1.807, 2.05) is 12.1 Å². The fourth-order valence-corrected chi connectivity index (χ4v) is 2.49. The molecular formula is C17H25N3O2. The van der Waals surface area contributed by atoms with E-state index in [4.69, 9.17) is 15.0 Å². The Hall–Kier alpha value is -2.00. The lowest BCUT2D eigenvalue weighted by atomic mass is 10.1. The first-order chi connectivity index (χ1) is 10.8. The Kier molecular flexibility index (Phi) is 6.28. The van der Waals surface area contributed by atoms with E-state index in [9.17, 15) is 0 Å². The largest absolute Gasteiger partial charge is 0.494 e. The van der Waals surface area contributed by atoms with Crippen LogP contribution in [0.2, 0.25) is 0 Å². The molecule has 1 aromatic carbocycles. The molecule has 5 nitrogen and oxygen atoms in total. The van der Waals surface area contributed by atoms with Crippen LogP contribution in [0, 0.1) is 0 Å². The summed E-state index contributed by atoms with van der Waals surface area (Å²) < 4.78 is 11.6. The van der Waals surface area contributed by atoms with E-state index in [-0.39, 0.29) is 0 Å². The highest BCUT2D eigenvalue weighted by molar-refractivity contribution is 5.82. The topological polar surface area (TPSA) is 58.1 Å². The minimum Gasteiger partial charge on any atom is -0.494 e. The van der Waals surface area contributed by atoms with Gasteiger partial charge in [-0.3, -0.25) is 0 Å². The van der Waals surface area contributed by atoms with Crippen LogP contribution in [0.15, 0.2) is 18.2 Å². The Morgan fingerprint density at radius 2 is 1.77 bits per heavy atom. The summed E-state index contributed by atoms with van der Waals surface area (Å²) in [6.07, 6.45) is 3.53. The summed E-state index contributed by atoms with van der Waals surface area (Å²) in [7, 11) is 0. The van der Waals surface area contributed by atoms with Crippen molar-refractivity contribution in [2.45, 2.75) is 39.5 Å². The van der Waals surface area contributed by atoms with Crippen LogP contribution in [0.25, 0.3) is 5.53 Å². The quantitative estimate of drug-likeness (QED) is 0.572. The summed E-state index contributed by atoms with van der Waals surface area (Å²) >= 11 is 0. The Balaban J connectivity index is 2.18. The van der Waals surface area contributed by atoms with Gasteiger partial charge in [-0.2, -0.15) is 4.79 Å². The lowest BCUT2D eigenvalue weighted by Crippen LogP contribution is -2.34. The highest BCUT2D eigenvalue weighted by atomic mass is 16.5. The Morgan fingerprint density at radius 3 is 2.41 bits per heavy atom. The summed E-state index contributed by atoms with van der Waals surface area (Å²) in [4.78, 5) is 5.62. The van der Waals surface area contributed by atoms with Crippen LogP contribution < -0.4 is 14.4 Å². The number of rotatable bonds is 7. The van der Waals surface area contributed by atoms with E-state index in [1.54, 1.807) is 0 Å². The van der Waals surface area contributed by atoms with Gasteiger partial charge in [0, 0.05) is 19.2 Å². The monoisotopic (exact) mass is 303 g/mol. The molecule has 0 spiro atoms. The van der Waals surface area contributed by atoms with Gasteiger partial charge in [-0.05, 0) is 25.0 Å². The minimum absolute atomic E-state index is 0.708. The highest BCUT2D eigenvalue weighted by Gasteiger charge is 2.23. The van der Waals surface area contributed by atoms with Crippen molar-refractivity contribution in [2.24, 2.45) is 0 Å². The number of piperidine rings is 1. The first-order valence-electron chi connectivity index (χ1n) is 8.12. The zero-order valence-corrected chi connectivity index (χ0v) is 13.5. The van der Waals surface area contributed by atoms with Gasteiger partial charge in [-0.25, -0.2) is 0 Å². The van der Waals surface area contributed by atoms with Crippen LogP contribution >= 0.6 is 0 Å². The van der Waals surface area contributed by atoms with Gasteiger partial charge in [0.15, 0.2) is 0 Å². The molecule has 5 heteroatoms. The van der Waals surface area contributed by atoms with E-state index in [2.05, 4.69) is 29.6 Å². The molecule has 0 unspecified atom stereocenters. The van der Waals surface area contributed by atoms with Gasteiger partial charge in [0.2, 0.25) is 0 Å². The predicted molar refractivity (Wildman–Crippen MR) is 88.1 cm³/mol. The van der Waals surface area contributed by atoms with Crippen molar-refractivity contribution >= 4 is 11.4 Å². The average Bonchev–Trinajstić information content (AvgIpc) is 2.58. The fourth-order valence-electron chi connectivity index (χ4n) is 2.49. The lowest BCUT2D eigenvalue weighted by molar-refractivity contribution is -0.0119. The molecule has 2 rings (SSSR count). The molecule has 1 heterocycles. The van der Waals surface area contributed by atoms with Gasteiger partial charge in [0.1, 0.15) is 11.5 Å². The maximum Gasteiger partial charge on any atom is 0.272 e. The van der Waals surface area contributed by atoms with Gasteiger partial charge in [-0.15, -0.1) is 0 Å². The van der Waals surface area contributed by atoms with Crippen molar-refractivity contribution in [3.05, 3.63) is 23.7 Å². The molecule has 1 aromatic rings. The molecule has 22 heavy (non-hydrogen) atoms. The molecule has 0 radical (unpaired) electrons. The van der Waals surface area contributed by atoms with Crippen LogP contribution in [-0.2, 0) is 0 Å². The molecule has 0 saturated carbocycles. The van der Waals surface area contributed by atoms with Gasteiger partial charge < -0.3 is 19.9 Å². The van der Waals surface area contributed by atoms with Gasteiger partial charge in [0.05, 0.1) is 31.7 Å². The molecule has 1 fully saturated rings. The van der Waals surface area contributed by atoms with Crippen molar-refractivity contribution in [3.8, 4) is 11.5 Å². The van der Waals surface area contributed by atoms with Crippen LogP contribution in [0.1, 0.15) is 39.5 Å². The minimum atomic E-state index is 0.708. The van der Waals surface area contributed by atoms with Crippen LogP contribution in [0.5, 0.6) is 11.5 Å². The zero-order chi connectivity index (χ0) is 15.8. The second-order valence-corrected chi connectivity index (χ2v) is 5.48. The summed E-state index contributed by atoms with van der Waals surface area (Å²) in [6, 6.07) is 6.02. The predicted octanol–water partition coefficient (Wildman–Crippen LogP) is 3.54. The number of nitrogens with zero attached hydrogens (tertiary/aromatic N) is 3. The third-order valence-electron chi connectivity index (χ3n) is 3.69. The Morgan fingerprint density at radius 1 is 1.09 bits per heavy atom. The smallest absolute Gasteiger partial charge is 0.272 e. The number of hydrogen-bond donors (Lipinski definition) is 0. The van der Waals surface area contributed by atoms with Crippen molar-refractivity contribution in [2.75, 3.05) is 31.2 Å². The molecule has 0 aromatic heterocycles. The first kappa shape index (κ1) is 16.4. The molecule has 0 amide bonds. The maximum absolute atomic E-state index is 8.88. The molecule has 1 saturated heterocycles. The molecule has 1 aliphatic heterocycles. The number of anilines is 1. The average molecular weight is 303 g/mol. The van der Waals surface area contributed by atoms with Crippen molar-refractivity contribution in [3.63, 3.8) is 0 Å². The van der Waals surface area contributed by atoms with Crippen molar-refractivity contribution in [1.29, 1.82) is 0 Å². The van der Waals surface area contributed by atoms with E-state index in [0.717, 1.165) is 68.3 Å². The van der Waals surface area contributed by atoms with E-state index in [0.29, 0.717) is 6.61 Å². The van der Waals surface area contributed by atoms with Gasteiger partial charge in [-0.1, -0.05) is 13.8 Å². The maximum atomic E-state index is 8.88. The molecule has 0 aliphatic carbocycles. The van der Waals surface area contributed by atoms with E-state index >= 15 is 0 Å². The summed E-state index contributed by atoms with van der Waals surface area (Å²) in [5.41, 5.74) is 10.8. The van der Waals surface area contributed by atoms with Crippen molar-refractivity contribution < 1.29 is 14.3 Å². The lowest BCUT2D eigenvalue weighted by Gasteiger charge is -2.29. The van der Waals surface area contributed by atoms with E-state index in [1.165, 1.54) is 0 Å². The SMILES string of the molecule is CCCOc1ccc(OCCC)c(N2CCC(=[N+]=[N-])CC2)c1. The standard InChI is InChI=1S/C17H25N3O2/c1-3-11-21-15-5-6-17(22-12-4-2)16(13-15)20-9-7-14(19-18)8-10-20/h5-6,13H,3-4,7-12H2,1-2H3. The second kappa shape index (κ2) is 8.44. The number of hydrogen-bond acceptors (Lipinski definition) is 3. The highest BCUT2D eigenvalue weighted by Crippen LogP contribution is 2.34. The Labute approximate surface area is 132 Å². The summed E-state index contributed by atoms with van der Waals surface area (Å²) in [6.45, 7) is 7.29.